The van der Waals surface area contributed by atoms with E-state index in [1.165, 1.54) is 28.1 Å². The summed E-state index contributed by atoms with van der Waals surface area (Å²) in [4.78, 5) is 9.23. The first kappa shape index (κ1) is 31.1. The van der Waals surface area contributed by atoms with E-state index >= 15 is 0 Å². The van der Waals surface area contributed by atoms with Gasteiger partial charge in [0.15, 0.2) is 0 Å². The predicted octanol–water partition coefficient (Wildman–Crippen LogP) is 12.4. The first-order valence-corrected chi connectivity index (χ1v) is 17.0. The second-order valence-electron chi connectivity index (χ2n) is 13.0. The maximum Gasteiger partial charge on any atom is 0.120 e. The molecule has 0 aliphatic heterocycles. The molecule has 1 radical (unpaired) electrons. The van der Waals surface area contributed by atoms with Crippen molar-refractivity contribution in [1.29, 1.82) is 0 Å². The van der Waals surface area contributed by atoms with Crippen molar-refractivity contribution in [2.24, 2.45) is 0 Å². The minimum Gasteiger partial charge on any atom is -0.501 e. The molecule has 0 atom stereocenters. The van der Waals surface area contributed by atoms with Gasteiger partial charge in [0.05, 0.1) is 5.58 Å². The van der Waals surface area contributed by atoms with Crippen LogP contribution in [0.3, 0.4) is 0 Å². The molecule has 52 heavy (non-hydrogen) atoms. The van der Waals surface area contributed by atoms with Crippen molar-refractivity contribution in [3.05, 3.63) is 193 Å². The standard InChI is InChI=1S/C24H16NO.C24H20N.Ir/c1-16-15-25-22(14-21(16)17-8-3-2-4-9-17)20-12-7-11-19-18-10-5-6-13-23(18)26-24(19)20;1-24(2,19-11-4-3-5-12-19)20-15-16-23(25-17-20)22-14-8-10-18-9-6-7-13-21(18)22;/h2-11,13-15H,1H3;3-13,15-17H,1-2H3;/q2*-1;/i1D3;;. The van der Waals surface area contributed by atoms with E-state index in [-0.39, 0.29) is 31.1 Å². The van der Waals surface area contributed by atoms with E-state index in [0.29, 0.717) is 22.4 Å². The molecule has 255 valence electrons. The van der Waals surface area contributed by atoms with Gasteiger partial charge in [0.25, 0.3) is 0 Å². The van der Waals surface area contributed by atoms with Crippen LogP contribution in [0.25, 0.3) is 66.4 Å². The Hall–Kier alpha value is -5.67. The van der Waals surface area contributed by atoms with Crippen molar-refractivity contribution < 1.29 is 28.6 Å². The summed E-state index contributed by atoms with van der Waals surface area (Å²) in [7, 11) is 0. The number of fused-ring (bicyclic) bond motifs is 4. The molecule has 3 heterocycles. The molecule has 0 saturated heterocycles. The summed E-state index contributed by atoms with van der Waals surface area (Å²) < 4.78 is 29.8. The van der Waals surface area contributed by atoms with Gasteiger partial charge in [-0.2, -0.15) is 0 Å². The number of nitrogens with zero attached hydrogens (tertiary/aromatic N) is 2. The Bertz CT molecular complexity index is 2720. The van der Waals surface area contributed by atoms with Crippen LogP contribution in [0.2, 0.25) is 0 Å². The molecule has 3 nitrogen and oxygen atoms in total. The molecule has 0 aliphatic carbocycles. The summed E-state index contributed by atoms with van der Waals surface area (Å²) in [6.07, 6.45) is 3.44. The normalized spacial score (nSPS) is 12.3. The molecular weight excluding hydrogens is 813 g/mol. The van der Waals surface area contributed by atoms with E-state index in [4.69, 9.17) is 13.5 Å². The molecule has 0 bridgehead atoms. The summed E-state index contributed by atoms with van der Waals surface area (Å²) in [6.45, 7) is 2.22. The van der Waals surface area contributed by atoms with Gasteiger partial charge in [-0.05, 0) is 52.1 Å². The van der Waals surface area contributed by atoms with Crippen LogP contribution in [0.15, 0.2) is 168 Å². The third-order valence-corrected chi connectivity index (χ3v) is 9.54. The zero-order valence-corrected chi connectivity index (χ0v) is 31.1. The number of aromatic nitrogens is 2. The van der Waals surface area contributed by atoms with E-state index < -0.39 is 6.85 Å². The van der Waals surface area contributed by atoms with Gasteiger partial charge in [0.1, 0.15) is 5.58 Å². The molecular formula is C48H36IrN2O-2. The molecule has 9 rings (SSSR count). The number of hydrogen-bond acceptors (Lipinski definition) is 3. The maximum absolute atomic E-state index is 7.91. The van der Waals surface area contributed by atoms with Gasteiger partial charge in [-0.25, -0.2) is 0 Å². The van der Waals surface area contributed by atoms with Crippen molar-refractivity contribution in [2.75, 3.05) is 0 Å². The summed E-state index contributed by atoms with van der Waals surface area (Å²) >= 11 is 0. The van der Waals surface area contributed by atoms with Crippen LogP contribution in [0.4, 0.5) is 0 Å². The van der Waals surface area contributed by atoms with Crippen LogP contribution < -0.4 is 0 Å². The Labute approximate surface area is 322 Å². The summed E-state index contributed by atoms with van der Waals surface area (Å²) in [5.41, 5.74) is 8.98. The van der Waals surface area contributed by atoms with Gasteiger partial charge in [0, 0.05) is 47.4 Å². The van der Waals surface area contributed by atoms with E-state index in [9.17, 15) is 0 Å². The van der Waals surface area contributed by atoms with Crippen LogP contribution in [0, 0.1) is 19.0 Å². The minimum absolute atomic E-state index is 0. The van der Waals surface area contributed by atoms with E-state index in [1.54, 1.807) is 0 Å². The van der Waals surface area contributed by atoms with Gasteiger partial charge in [-0.1, -0.05) is 152 Å². The van der Waals surface area contributed by atoms with Crippen LogP contribution in [0.1, 0.15) is 34.7 Å². The smallest absolute Gasteiger partial charge is 0.120 e. The van der Waals surface area contributed by atoms with E-state index in [1.807, 2.05) is 85.1 Å². The van der Waals surface area contributed by atoms with Crippen LogP contribution in [-0.4, -0.2) is 9.97 Å². The number of para-hydroxylation sites is 1. The Kier molecular flexibility index (Phi) is 8.91. The maximum atomic E-state index is 7.91. The van der Waals surface area contributed by atoms with Gasteiger partial charge in [-0.15, -0.1) is 47.3 Å². The first-order chi connectivity index (χ1) is 26.2. The summed E-state index contributed by atoms with van der Waals surface area (Å²) in [5.74, 6) is 0. The monoisotopic (exact) mass is 852 g/mol. The fourth-order valence-corrected chi connectivity index (χ4v) is 6.64. The number of benzene rings is 6. The second kappa shape index (κ2) is 14.9. The third kappa shape index (κ3) is 6.71. The van der Waals surface area contributed by atoms with Gasteiger partial charge in [-0.3, -0.25) is 0 Å². The minimum atomic E-state index is -2.26. The van der Waals surface area contributed by atoms with Crippen molar-refractivity contribution in [3.8, 4) is 33.6 Å². The molecule has 0 N–H and O–H groups in total. The zero-order valence-electron chi connectivity index (χ0n) is 31.7. The number of furan rings is 1. The summed E-state index contributed by atoms with van der Waals surface area (Å²) in [5, 5.41) is 4.41. The Morgan fingerprint density at radius 3 is 2.04 bits per heavy atom. The fourth-order valence-electron chi connectivity index (χ4n) is 6.64. The molecule has 0 spiro atoms. The molecule has 0 saturated carbocycles. The number of aryl methyl sites for hydroxylation is 1. The number of hydrogen-bond donors (Lipinski definition) is 0. The predicted molar refractivity (Wildman–Crippen MR) is 211 cm³/mol. The van der Waals surface area contributed by atoms with Crippen molar-refractivity contribution in [2.45, 2.75) is 26.1 Å². The van der Waals surface area contributed by atoms with Crippen molar-refractivity contribution >= 4 is 32.7 Å². The van der Waals surface area contributed by atoms with E-state index in [0.717, 1.165) is 33.2 Å². The van der Waals surface area contributed by atoms with Gasteiger partial charge < -0.3 is 14.4 Å². The molecule has 9 aromatic rings. The number of pyridine rings is 2. The van der Waals surface area contributed by atoms with Crippen LogP contribution in [0.5, 0.6) is 0 Å². The SMILES string of the molecule is CC(C)(c1ccccc1)c1ccc(-c2[c-]ccc3ccccc23)nc1.[2H]C([2H])([2H])c1cnc(-c2[c-]ccc3c2oc2ccccc23)cc1-c1ccccc1.[Ir]. The average molecular weight is 852 g/mol. The van der Waals surface area contributed by atoms with Crippen molar-refractivity contribution in [3.63, 3.8) is 0 Å². The first-order valence-electron chi connectivity index (χ1n) is 18.5. The molecule has 0 amide bonds. The largest absolute Gasteiger partial charge is 0.501 e. The molecule has 3 aromatic heterocycles. The van der Waals surface area contributed by atoms with Gasteiger partial charge >= 0.3 is 0 Å². The molecule has 4 heteroatoms. The van der Waals surface area contributed by atoms with Crippen molar-refractivity contribution in [1.82, 2.24) is 9.97 Å². The molecule has 0 aliphatic rings. The summed E-state index contributed by atoms with van der Waals surface area (Å²) in [6, 6.07) is 56.9. The topological polar surface area (TPSA) is 38.9 Å². The third-order valence-electron chi connectivity index (χ3n) is 9.54. The zero-order chi connectivity index (χ0) is 37.3. The molecule has 6 aromatic carbocycles. The van der Waals surface area contributed by atoms with Gasteiger partial charge in [0.2, 0.25) is 0 Å². The van der Waals surface area contributed by atoms with E-state index in [2.05, 4.69) is 104 Å². The van der Waals surface area contributed by atoms with Crippen LogP contribution in [-0.2, 0) is 25.5 Å². The average Bonchev–Trinajstić information content (AvgIpc) is 3.60. The van der Waals surface area contributed by atoms with Crippen LogP contribution >= 0.6 is 0 Å². The fraction of sp³-hybridized carbons (Fsp3) is 0.0833. The quantitative estimate of drug-likeness (QED) is 0.162. The Morgan fingerprint density at radius 2 is 1.27 bits per heavy atom. The molecule has 0 fully saturated rings. The number of rotatable bonds is 5. The Morgan fingerprint density at radius 1 is 0.596 bits per heavy atom. The second-order valence-corrected chi connectivity index (χ2v) is 13.0. The Balaban J connectivity index is 0.000000168. The molecule has 0 unspecified atom stereocenters.